The van der Waals surface area contributed by atoms with Crippen LogP contribution in [0.5, 0.6) is 0 Å². The van der Waals surface area contributed by atoms with Crippen LogP contribution in [0.2, 0.25) is 0 Å². The summed E-state index contributed by atoms with van der Waals surface area (Å²) in [5.41, 5.74) is 0. The number of nitro groups is 1. The van der Waals surface area contributed by atoms with E-state index < -0.39 is 17.1 Å². The number of aliphatic hydroxyl groups is 1. The first kappa shape index (κ1) is 24.5. The molecule has 0 saturated carbocycles. The van der Waals surface area contributed by atoms with Gasteiger partial charge in [0.25, 0.3) is 6.04 Å². The number of hydrogen-bond donors (Lipinski definition) is 1. The Morgan fingerprint density at radius 2 is 1.56 bits per heavy atom. The van der Waals surface area contributed by atoms with Crippen molar-refractivity contribution in [3.8, 4) is 0 Å². The number of carbonyl (C=O) groups excluding carboxylic acids is 1. The summed E-state index contributed by atoms with van der Waals surface area (Å²) in [6.07, 6.45) is 26.5. The van der Waals surface area contributed by atoms with Crippen LogP contribution in [0.4, 0.5) is 0 Å². The molecule has 147 valence electrons. The lowest BCUT2D eigenvalue weighted by atomic mass is 10.1. The quantitative estimate of drug-likeness (QED) is 0.147. The Morgan fingerprint density at radius 3 is 2.22 bits per heavy atom. The van der Waals surface area contributed by atoms with Gasteiger partial charge in [0.2, 0.25) is 0 Å². The van der Waals surface area contributed by atoms with E-state index in [1.165, 1.54) is 12.2 Å². The van der Waals surface area contributed by atoms with Crippen molar-refractivity contribution >= 4 is 6.29 Å². The molecule has 2 atom stereocenters. The second-order valence-corrected chi connectivity index (χ2v) is 5.72. The minimum absolute atomic E-state index is 0.348. The van der Waals surface area contributed by atoms with Gasteiger partial charge >= 0.3 is 0 Å². The molecule has 0 bridgehead atoms. The zero-order chi connectivity index (χ0) is 20.2. The Morgan fingerprint density at radius 1 is 0.926 bits per heavy atom. The highest BCUT2D eigenvalue weighted by Gasteiger charge is 2.23. The number of unbranched alkanes of at least 4 members (excludes halogenated alkanes) is 1. The lowest BCUT2D eigenvalue weighted by Gasteiger charge is -2.08. The molecule has 0 saturated heterocycles. The number of allylic oxidation sites excluding steroid dienone is 10. The highest BCUT2D eigenvalue weighted by molar-refractivity contribution is 5.50. The maximum absolute atomic E-state index is 11.1. The fraction of sp³-hybridized carbons (Fsp3) is 0.409. The molecule has 0 aromatic carbocycles. The van der Waals surface area contributed by atoms with E-state index in [0.717, 1.165) is 19.3 Å². The minimum atomic E-state index is -1.19. The topological polar surface area (TPSA) is 80.4 Å². The van der Waals surface area contributed by atoms with Crippen LogP contribution in [0.1, 0.15) is 45.4 Å². The second-order valence-electron chi connectivity index (χ2n) is 5.72. The summed E-state index contributed by atoms with van der Waals surface area (Å²) >= 11 is 0. The minimum Gasteiger partial charge on any atom is -0.381 e. The lowest BCUT2D eigenvalue weighted by molar-refractivity contribution is -0.518. The van der Waals surface area contributed by atoms with Crippen LogP contribution in [-0.2, 0) is 4.79 Å². The van der Waals surface area contributed by atoms with Gasteiger partial charge in [-0.3, -0.25) is 14.9 Å². The Labute approximate surface area is 162 Å². The lowest BCUT2D eigenvalue weighted by Crippen LogP contribution is -2.30. The van der Waals surface area contributed by atoms with Gasteiger partial charge in [-0.05, 0) is 44.3 Å². The van der Waals surface area contributed by atoms with Gasteiger partial charge in [0.05, 0.1) is 0 Å². The predicted octanol–water partition coefficient (Wildman–Crippen LogP) is 4.80. The van der Waals surface area contributed by atoms with Crippen LogP contribution >= 0.6 is 0 Å². The highest BCUT2D eigenvalue weighted by atomic mass is 16.6. The molecule has 0 aromatic rings. The van der Waals surface area contributed by atoms with Crippen molar-refractivity contribution in [1.82, 2.24) is 0 Å². The van der Waals surface area contributed by atoms with Gasteiger partial charge < -0.3 is 5.11 Å². The second kappa shape index (κ2) is 18.3. The number of aliphatic hydroxyl groups excluding tert-OH is 1. The van der Waals surface area contributed by atoms with Crippen molar-refractivity contribution in [2.45, 2.75) is 57.6 Å². The van der Waals surface area contributed by atoms with E-state index >= 15 is 0 Å². The zero-order valence-corrected chi connectivity index (χ0v) is 15.9. The third-order valence-electron chi connectivity index (χ3n) is 3.45. The van der Waals surface area contributed by atoms with Gasteiger partial charge in [0, 0.05) is 11.3 Å². The van der Waals surface area contributed by atoms with Crippen molar-refractivity contribution in [3.63, 3.8) is 0 Å². The molecule has 0 spiro atoms. The van der Waals surface area contributed by atoms with E-state index in [2.05, 4.69) is 25.2 Å². The molecule has 27 heavy (non-hydrogen) atoms. The molecule has 5 nitrogen and oxygen atoms in total. The molecule has 5 heteroatoms. The molecule has 1 radical (unpaired) electrons. The normalized spacial score (nSPS) is 15.2. The van der Waals surface area contributed by atoms with Gasteiger partial charge in [0.15, 0.2) is 6.29 Å². The van der Waals surface area contributed by atoms with Gasteiger partial charge in [-0.1, -0.05) is 67.7 Å². The third kappa shape index (κ3) is 15.4. The Hall–Kier alpha value is -2.53. The summed E-state index contributed by atoms with van der Waals surface area (Å²) in [5, 5.41) is 21.1. The molecule has 0 rings (SSSR count). The maximum atomic E-state index is 11.1. The van der Waals surface area contributed by atoms with Crippen LogP contribution in [0.15, 0.2) is 72.9 Å². The van der Waals surface area contributed by atoms with E-state index in [1.54, 1.807) is 24.5 Å². The number of nitrogens with zero attached hydrogens (tertiary/aromatic N) is 1. The molecule has 0 aliphatic rings. The first-order valence-electron chi connectivity index (χ1n) is 9.25. The molecule has 0 heterocycles. The Bertz CT molecular complexity index is 571. The fourth-order valence-corrected chi connectivity index (χ4v) is 2.02. The summed E-state index contributed by atoms with van der Waals surface area (Å²) < 4.78 is 0. The number of hydrogen-bond acceptors (Lipinski definition) is 4. The van der Waals surface area contributed by atoms with Crippen molar-refractivity contribution in [2.24, 2.45) is 0 Å². The van der Waals surface area contributed by atoms with Crippen LogP contribution in [0, 0.1) is 10.1 Å². The molecule has 0 aliphatic heterocycles. The summed E-state index contributed by atoms with van der Waals surface area (Å²) in [4.78, 5) is 20.6. The molecule has 0 aliphatic carbocycles. The molecule has 2 unspecified atom stereocenters. The van der Waals surface area contributed by atoms with Crippen LogP contribution in [0.3, 0.4) is 0 Å². The summed E-state index contributed by atoms with van der Waals surface area (Å²) in [6.45, 7) is 2.09. The average molecular weight is 372 g/mol. The van der Waals surface area contributed by atoms with Crippen molar-refractivity contribution < 1.29 is 14.8 Å². The number of rotatable bonds is 15. The molecule has 1 N–H and O–H groups in total. The Balaban J connectivity index is 4.31. The third-order valence-corrected chi connectivity index (χ3v) is 3.45. The molecule has 0 amide bonds. The molecule has 0 aromatic heterocycles. The van der Waals surface area contributed by atoms with Crippen LogP contribution in [-0.4, -0.2) is 28.5 Å². The van der Waals surface area contributed by atoms with E-state index in [4.69, 9.17) is 0 Å². The van der Waals surface area contributed by atoms with Crippen LogP contribution in [0.25, 0.3) is 0 Å². The Kier molecular flexibility index (Phi) is 16.6. The van der Waals surface area contributed by atoms with Gasteiger partial charge in [-0.2, -0.15) is 0 Å². The van der Waals surface area contributed by atoms with Crippen molar-refractivity contribution in [3.05, 3.63) is 83.0 Å². The highest BCUT2D eigenvalue weighted by Crippen LogP contribution is 2.04. The van der Waals surface area contributed by atoms with E-state index in [-0.39, 0.29) is 0 Å². The van der Waals surface area contributed by atoms with E-state index in [9.17, 15) is 20.0 Å². The smallest absolute Gasteiger partial charge is 0.260 e. The summed E-state index contributed by atoms with van der Waals surface area (Å²) in [6, 6.07) is -1.18. The standard InChI is InChI=1S/C22H30NO4/c1-2-3-4-5-6-7-8-9-13-16-19-22(25)21(23(26)27)18-15-12-10-11-14-17-20-24/h3-4,6-7,9-11,13,15-16,18-19,21-22,25H,2,5,8,12,14,17H2,1H3/b4-3-,7-6-,11-10-,13-9-,18-15-,19-16-. The summed E-state index contributed by atoms with van der Waals surface area (Å²) in [5.74, 6) is 0. The van der Waals surface area contributed by atoms with Crippen LogP contribution < -0.4 is 0 Å². The molecule has 0 fully saturated rings. The zero-order valence-electron chi connectivity index (χ0n) is 15.9. The predicted molar refractivity (Wildman–Crippen MR) is 111 cm³/mol. The average Bonchev–Trinajstić information content (AvgIpc) is 2.65. The molecular weight excluding hydrogens is 342 g/mol. The molecular formula is C22H30NO4. The van der Waals surface area contributed by atoms with E-state index in [1.807, 2.05) is 24.3 Å². The maximum Gasteiger partial charge on any atom is 0.260 e. The van der Waals surface area contributed by atoms with E-state index in [0.29, 0.717) is 19.3 Å². The first-order valence-corrected chi connectivity index (χ1v) is 9.25. The van der Waals surface area contributed by atoms with Crippen molar-refractivity contribution in [1.29, 1.82) is 0 Å². The first-order chi connectivity index (χ1) is 13.1. The largest absolute Gasteiger partial charge is 0.381 e. The SMILES string of the molecule is CC/C=C\C/C=C\C/C=C\C=C/C(O)C(/C=C\C/C=C\CC[C]=O)[N+](=O)[O-]. The van der Waals surface area contributed by atoms with Crippen molar-refractivity contribution in [2.75, 3.05) is 0 Å². The fourth-order valence-electron chi connectivity index (χ4n) is 2.02. The van der Waals surface area contributed by atoms with Gasteiger partial charge in [-0.15, -0.1) is 0 Å². The van der Waals surface area contributed by atoms with Gasteiger partial charge in [0.1, 0.15) is 6.10 Å². The van der Waals surface area contributed by atoms with Gasteiger partial charge in [-0.25, -0.2) is 0 Å². The monoisotopic (exact) mass is 372 g/mol. The summed E-state index contributed by atoms with van der Waals surface area (Å²) in [7, 11) is 0.